The molecule has 0 aromatic carbocycles. The number of carboxylic acid groups (broad SMARTS) is 1. The molecule has 6 nitrogen and oxygen atoms in total. The molecule has 21 heavy (non-hydrogen) atoms. The van der Waals surface area contributed by atoms with E-state index >= 15 is 0 Å². The van der Waals surface area contributed by atoms with Crippen molar-refractivity contribution in [2.75, 3.05) is 7.05 Å². The highest BCUT2D eigenvalue weighted by atomic mass is 16.4. The second-order valence-corrected chi connectivity index (χ2v) is 5.90. The first-order valence-electron chi connectivity index (χ1n) is 7.87. The molecule has 0 saturated heterocycles. The van der Waals surface area contributed by atoms with Crippen molar-refractivity contribution in [3.05, 3.63) is 0 Å². The van der Waals surface area contributed by atoms with Crippen molar-refractivity contribution in [3.63, 3.8) is 0 Å². The Labute approximate surface area is 126 Å². The third kappa shape index (κ3) is 4.68. The van der Waals surface area contributed by atoms with Crippen molar-refractivity contribution >= 4 is 11.9 Å². The van der Waals surface area contributed by atoms with Gasteiger partial charge in [0, 0.05) is 0 Å². The van der Waals surface area contributed by atoms with E-state index in [9.17, 15) is 14.7 Å². The lowest BCUT2D eigenvalue weighted by molar-refractivity contribution is -0.149. The van der Waals surface area contributed by atoms with Gasteiger partial charge in [0.1, 0.15) is 0 Å². The number of aliphatic hydroxyl groups excluding tert-OH is 1. The van der Waals surface area contributed by atoms with Gasteiger partial charge < -0.3 is 20.8 Å². The number of nitrogens with one attached hydrogen (secondary N) is 2. The zero-order chi connectivity index (χ0) is 15.9. The van der Waals surface area contributed by atoms with Crippen molar-refractivity contribution in [2.24, 2.45) is 0 Å². The van der Waals surface area contributed by atoms with Gasteiger partial charge >= 0.3 is 5.97 Å². The Kier molecular flexibility index (Phi) is 7.11. The van der Waals surface area contributed by atoms with Crippen LogP contribution >= 0.6 is 0 Å². The first-order valence-corrected chi connectivity index (χ1v) is 7.87. The van der Waals surface area contributed by atoms with Crippen molar-refractivity contribution in [1.29, 1.82) is 0 Å². The molecule has 0 aliphatic heterocycles. The Balaban J connectivity index is 2.75. The predicted molar refractivity (Wildman–Crippen MR) is 80.0 cm³/mol. The van der Waals surface area contributed by atoms with Gasteiger partial charge in [-0.1, -0.05) is 39.0 Å². The van der Waals surface area contributed by atoms with Crippen LogP contribution in [0, 0.1) is 0 Å². The number of carboxylic acids is 1. The van der Waals surface area contributed by atoms with Crippen molar-refractivity contribution < 1.29 is 19.8 Å². The standard InChI is InChI=1S/C15H28N2O4/c1-3-4-8-11(12(18)13(19)20)17-14(21)15(16-2)9-6-5-7-10-15/h11-12,16,18H,3-10H2,1-2H3,(H,17,21)(H,19,20)/t11-,12+/m0/s1. The quantitative estimate of drug-likeness (QED) is 0.536. The van der Waals surface area contributed by atoms with E-state index in [-0.39, 0.29) is 5.91 Å². The Morgan fingerprint density at radius 1 is 1.24 bits per heavy atom. The Hall–Kier alpha value is -1.14. The highest BCUT2D eigenvalue weighted by molar-refractivity contribution is 5.87. The van der Waals surface area contributed by atoms with Crippen molar-refractivity contribution in [1.82, 2.24) is 10.6 Å². The molecule has 2 atom stereocenters. The van der Waals surface area contributed by atoms with E-state index < -0.39 is 23.7 Å². The Morgan fingerprint density at radius 3 is 2.33 bits per heavy atom. The van der Waals surface area contributed by atoms with Crippen LogP contribution in [0.1, 0.15) is 58.3 Å². The molecule has 0 aromatic rings. The van der Waals surface area contributed by atoms with Crippen LogP contribution in [-0.4, -0.2) is 46.8 Å². The molecule has 0 heterocycles. The van der Waals surface area contributed by atoms with Crippen LogP contribution in [0.15, 0.2) is 0 Å². The smallest absolute Gasteiger partial charge is 0.334 e. The van der Waals surface area contributed by atoms with E-state index in [1.807, 2.05) is 6.92 Å². The molecule has 1 amide bonds. The number of hydrogen-bond acceptors (Lipinski definition) is 4. The number of carbonyl (C=O) groups is 2. The SMILES string of the molecule is CCCC[C@H](NC(=O)C1(NC)CCCCC1)[C@@H](O)C(=O)O. The predicted octanol–water partition coefficient (Wildman–Crippen LogP) is 1.03. The number of rotatable bonds is 8. The number of hydrogen-bond donors (Lipinski definition) is 4. The van der Waals surface area contributed by atoms with Crippen LogP contribution in [-0.2, 0) is 9.59 Å². The summed E-state index contributed by atoms with van der Waals surface area (Å²) in [5, 5.41) is 24.6. The summed E-state index contributed by atoms with van der Waals surface area (Å²) in [6, 6.07) is -0.734. The zero-order valence-electron chi connectivity index (χ0n) is 13.0. The van der Waals surface area contributed by atoms with Crippen LogP contribution in [0.4, 0.5) is 0 Å². The summed E-state index contributed by atoms with van der Waals surface area (Å²) in [5.74, 6) is -1.48. The van der Waals surface area contributed by atoms with Gasteiger partial charge in [-0.25, -0.2) is 4.79 Å². The molecule has 1 aliphatic carbocycles. The van der Waals surface area contributed by atoms with Gasteiger partial charge in [0.2, 0.25) is 5.91 Å². The number of likely N-dealkylation sites (N-methyl/N-ethyl adjacent to an activating group) is 1. The monoisotopic (exact) mass is 300 g/mol. The molecule has 122 valence electrons. The summed E-state index contributed by atoms with van der Waals surface area (Å²) >= 11 is 0. The molecule has 1 saturated carbocycles. The fourth-order valence-corrected chi connectivity index (χ4v) is 2.96. The number of aliphatic hydroxyl groups is 1. The van der Waals surface area contributed by atoms with Crippen LogP contribution in [0.2, 0.25) is 0 Å². The molecule has 1 fully saturated rings. The van der Waals surface area contributed by atoms with E-state index in [4.69, 9.17) is 5.11 Å². The molecule has 0 unspecified atom stereocenters. The van der Waals surface area contributed by atoms with Crippen LogP contribution in [0.3, 0.4) is 0 Å². The molecule has 0 radical (unpaired) electrons. The lowest BCUT2D eigenvalue weighted by Crippen LogP contribution is -2.60. The van der Waals surface area contributed by atoms with Gasteiger partial charge in [-0.05, 0) is 26.3 Å². The molecule has 0 aromatic heterocycles. The summed E-state index contributed by atoms with van der Waals surface area (Å²) in [6.07, 6.45) is 5.14. The largest absolute Gasteiger partial charge is 0.479 e. The fraction of sp³-hybridized carbons (Fsp3) is 0.867. The topological polar surface area (TPSA) is 98.7 Å². The highest BCUT2D eigenvalue weighted by Gasteiger charge is 2.40. The van der Waals surface area contributed by atoms with Gasteiger partial charge in [-0.2, -0.15) is 0 Å². The third-order valence-electron chi connectivity index (χ3n) is 4.44. The first-order chi connectivity index (χ1) is 9.96. The first kappa shape index (κ1) is 17.9. The van der Waals surface area contributed by atoms with Gasteiger partial charge in [-0.15, -0.1) is 0 Å². The molecule has 0 bridgehead atoms. The normalized spacial score (nSPS) is 20.5. The minimum atomic E-state index is -1.56. The highest BCUT2D eigenvalue weighted by Crippen LogP contribution is 2.28. The summed E-state index contributed by atoms with van der Waals surface area (Å²) < 4.78 is 0. The number of amides is 1. The Morgan fingerprint density at radius 2 is 1.86 bits per heavy atom. The van der Waals surface area contributed by atoms with E-state index in [1.54, 1.807) is 7.05 Å². The van der Waals surface area contributed by atoms with Gasteiger partial charge in [0.15, 0.2) is 6.10 Å². The molecule has 6 heteroatoms. The summed E-state index contributed by atoms with van der Waals surface area (Å²) in [4.78, 5) is 23.6. The molecule has 0 spiro atoms. The van der Waals surface area contributed by atoms with Gasteiger partial charge in [-0.3, -0.25) is 4.79 Å². The average Bonchev–Trinajstić information content (AvgIpc) is 2.50. The van der Waals surface area contributed by atoms with E-state index in [0.29, 0.717) is 6.42 Å². The lowest BCUT2D eigenvalue weighted by atomic mass is 9.80. The van der Waals surface area contributed by atoms with Crippen LogP contribution < -0.4 is 10.6 Å². The molecule has 1 rings (SSSR count). The average molecular weight is 300 g/mol. The van der Waals surface area contributed by atoms with Crippen molar-refractivity contribution in [2.45, 2.75) is 76.0 Å². The molecular formula is C15H28N2O4. The minimum absolute atomic E-state index is 0.189. The van der Waals surface area contributed by atoms with E-state index in [1.165, 1.54) is 0 Å². The van der Waals surface area contributed by atoms with E-state index in [2.05, 4.69) is 10.6 Å². The minimum Gasteiger partial charge on any atom is -0.479 e. The zero-order valence-corrected chi connectivity index (χ0v) is 13.0. The lowest BCUT2D eigenvalue weighted by Gasteiger charge is -2.37. The molecule has 1 aliphatic rings. The van der Waals surface area contributed by atoms with Crippen LogP contribution in [0.5, 0.6) is 0 Å². The number of carbonyl (C=O) groups excluding carboxylic acids is 1. The summed E-state index contributed by atoms with van der Waals surface area (Å²) in [5.41, 5.74) is -0.624. The second-order valence-electron chi connectivity index (χ2n) is 5.90. The van der Waals surface area contributed by atoms with Gasteiger partial charge in [0.05, 0.1) is 11.6 Å². The maximum atomic E-state index is 12.6. The van der Waals surface area contributed by atoms with Crippen LogP contribution in [0.25, 0.3) is 0 Å². The molecular weight excluding hydrogens is 272 g/mol. The number of aliphatic carboxylic acids is 1. The number of unbranched alkanes of at least 4 members (excludes halogenated alkanes) is 1. The Bertz CT molecular complexity index is 354. The third-order valence-corrected chi connectivity index (χ3v) is 4.44. The van der Waals surface area contributed by atoms with E-state index in [0.717, 1.165) is 44.9 Å². The maximum Gasteiger partial charge on any atom is 0.334 e. The molecule has 4 N–H and O–H groups in total. The van der Waals surface area contributed by atoms with Gasteiger partial charge in [0.25, 0.3) is 0 Å². The fourth-order valence-electron chi connectivity index (χ4n) is 2.96. The van der Waals surface area contributed by atoms with Crippen molar-refractivity contribution in [3.8, 4) is 0 Å². The summed E-state index contributed by atoms with van der Waals surface area (Å²) in [7, 11) is 1.76. The summed E-state index contributed by atoms with van der Waals surface area (Å²) in [6.45, 7) is 1.99. The maximum absolute atomic E-state index is 12.6. The second kappa shape index (κ2) is 8.34.